The van der Waals surface area contributed by atoms with E-state index in [1.807, 2.05) is 36.4 Å². The van der Waals surface area contributed by atoms with E-state index in [0.717, 1.165) is 5.56 Å². The highest BCUT2D eigenvalue weighted by Crippen LogP contribution is 2.22. The SMILES string of the molecule is CC(O)(/C=C/c1ccccc1)c1ccc(N)nc1. The lowest BCUT2D eigenvalue weighted by molar-refractivity contribution is 0.112. The lowest BCUT2D eigenvalue weighted by atomic mass is 9.96. The number of nitrogen functional groups attached to an aromatic ring is 1. The lowest BCUT2D eigenvalue weighted by Gasteiger charge is -2.19. The highest BCUT2D eigenvalue weighted by molar-refractivity contribution is 5.51. The van der Waals surface area contributed by atoms with Gasteiger partial charge in [-0.1, -0.05) is 42.5 Å². The molecule has 3 nitrogen and oxygen atoms in total. The van der Waals surface area contributed by atoms with E-state index >= 15 is 0 Å². The molecule has 0 aliphatic rings. The van der Waals surface area contributed by atoms with Crippen molar-refractivity contribution in [1.82, 2.24) is 4.98 Å². The summed E-state index contributed by atoms with van der Waals surface area (Å²) in [5.41, 5.74) is 6.22. The van der Waals surface area contributed by atoms with Crippen molar-refractivity contribution in [3.63, 3.8) is 0 Å². The number of nitrogens with zero attached hydrogens (tertiary/aromatic N) is 1. The number of aliphatic hydroxyl groups is 1. The van der Waals surface area contributed by atoms with Crippen LogP contribution in [0.3, 0.4) is 0 Å². The molecule has 0 fully saturated rings. The number of nitrogens with two attached hydrogens (primary N) is 1. The topological polar surface area (TPSA) is 59.1 Å². The fourth-order valence-electron chi connectivity index (χ4n) is 1.62. The number of pyridine rings is 1. The molecule has 2 aromatic rings. The van der Waals surface area contributed by atoms with Crippen LogP contribution in [0.2, 0.25) is 0 Å². The predicted molar refractivity (Wildman–Crippen MR) is 73.7 cm³/mol. The summed E-state index contributed by atoms with van der Waals surface area (Å²) in [6, 6.07) is 13.3. The van der Waals surface area contributed by atoms with E-state index in [0.29, 0.717) is 11.4 Å². The Bertz CT molecular complexity index is 530. The molecule has 2 rings (SSSR count). The van der Waals surface area contributed by atoms with Gasteiger partial charge >= 0.3 is 0 Å². The zero-order valence-electron chi connectivity index (χ0n) is 10.2. The van der Waals surface area contributed by atoms with Crippen LogP contribution in [0.5, 0.6) is 0 Å². The van der Waals surface area contributed by atoms with E-state index < -0.39 is 5.60 Å². The monoisotopic (exact) mass is 240 g/mol. The third-order valence-electron chi connectivity index (χ3n) is 2.77. The summed E-state index contributed by atoms with van der Waals surface area (Å²) in [6.45, 7) is 1.72. The maximum atomic E-state index is 10.4. The normalized spacial score (nSPS) is 14.6. The highest BCUT2D eigenvalue weighted by atomic mass is 16.3. The molecule has 0 saturated heterocycles. The standard InChI is InChI=1S/C15H16N2O/c1-15(18,13-7-8-14(16)17-11-13)10-9-12-5-3-2-4-6-12/h2-11,18H,1H3,(H2,16,17)/b10-9+. The Kier molecular flexibility index (Phi) is 3.44. The Morgan fingerprint density at radius 2 is 1.89 bits per heavy atom. The first-order valence-corrected chi connectivity index (χ1v) is 5.76. The van der Waals surface area contributed by atoms with Crippen molar-refractivity contribution >= 4 is 11.9 Å². The number of hydrogen-bond acceptors (Lipinski definition) is 3. The van der Waals surface area contributed by atoms with Crippen LogP contribution in [-0.4, -0.2) is 10.1 Å². The molecule has 1 aromatic heterocycles. The summed E-state index contributed by atoms with van der Waals surface area (Å²) >= 11 is 0. The molecule has 1 heterocycles. The van der Waals surface area contributed by atoms with E-state index in [9.17, 15) is 5.11 Å². The van der Waals surface area contributed by atoms with E-state index in [4.69, 9.17) is 5.73 Å². The molecule has 0 radical (unpaired) electrons. The summed E-state index contributed by atoms with van der Waals surface area (Å²) in [4.78, 5) is 3.98. The molecule has 1 atom stereocenters. The lowest BCUT2D eigenvalue weighted by Crippen LogP contribution is -2.17. The van der Waals surface area contributed by atoms with Gasteiger partial charge in [-0.15, -0.1) is 0 Å². The average Bonchev–Trinajstić information content (AvgIpc) is 2.38. The Hall–Kier alpha value is -2.13. The van der Waals surface area contributed by atoms with Crippen molar-refractivity contribution in [2.45, 2.75) is 12.5 Å². The van der Waals surface area contributed by atoms with E-state index in [-0.39, 0.29) is 0 Å². The van der Waals surface area contributed by atoms with Crippen molar-refractivity contribution < 1.29 is 5.11 Å². The fourth-order valence-corrected chi connectivity index (χ4v) is 1.62. The van der Waals surface area contributed by atoms with Gasteiger partial charge in [0.05, 0.1) is 0 Å². The molecular formula is C15H16N2O. The number of aromatic nitrogens is 1. The quantitative estimate of drug-likeness (QED) is 0.867. The van der Waals surface area contributed by atoms with Gasteiger partial charge in [-0.2, -0.15) is 0 Å². The van der Waals surface area contributed by atoms with Gasteiger partial charge in [-0.05, 0) is 24.6 Å². The van der Waals surface area contributed by atoms with Crippen molar-refractivity contribution in [2.24, 2.45) is 0 Å². The van der Waals surface area contributed by atoms with Crippen LogP contribution in [0, 0.1) is 0 Å². The molecule has 92 valence electrons. The number of benzene rings is 1. The molecule has 0 saturated carbocycles. The zero-order chi connectivity index (χ0) is 13.0. The number of hydrogen-bond donors (Lipinski definition) is 2. The number of anilines is 1. The van der Waals surface area contributed by atoms with Gasteiger partial charge in [-0.3, -0.25) is 0 Å². The first-order valence-electron chi connectivity index (χ1n) is 5.76. The molecule has 0 bridgehead atoms. The Balaban J connectivity index is 2.21. The molecule has 1 unspecified atom stereocenters. The molecule has 0 aliphatic heterocycles. The van der Waals surface area contributed by atoms with Crippen molar-refractivity contribution in [3.8, 4) is 0 Å². The minimum Gasteiger partial charge on any atom is -0.384 e. The highest BCUT2D eigenvalue weighted by Gasteiger charge is 2.19. The second kappa shape index (κ2) is 5.02. The van der Waals surface area contributed by atoms with Crippen molar-refractivity contribution in [3.05, 3.63) is 65.9 Å². The van der Waals surface area contributed by atoms with Gasteiger partial charge in [0.15, 0.2) is 0 Å². The van der Waals surface area contributed by atoms with Gasteiger partial charge in [-0.25, -0.2) is 4.98 Å². The minimum absolute atomic E-state index is 0.446. The second-order valence-corrected chi connectivity index (χ2v) is 4.36. The second-order valence-electron chi connectivity index (χ2n) is 4.36. The van der Waals surface area contributed by atoms with Crippen LogP contribution >= 0.6 is 0 Å². The van der Waals surface area contributed by atoms with Crippen molar-refractivity contribution in [1.29, 1.82) is 0 Å². The van der Waals surface area contributed by atoms with Crippen LogP contribution in [0.1, 0.15) is 18.1 Å². The van der Waals surface area contributed by atoms with Gasteiger partial charge in [0, 0.05) is 11.8 Å². The maximum Gasteiger partial charge on any atom is 0.123 e. The fraction of sp³-hybridized carbons (Fsp3) is 0.133. The molecule has 3 heteroatoms. The summed E-state index contributed by atoms with van der Waals surface area (Å²) in [5, 5.41) is 10.4. The molecule has 18 heavy (non-hydrogen) atoms. The first-order chi connectivity index (χ1) is 8.58. The minimum atomic E-state index is -1.06. The molecule has 0 aliphatic carbocycles. The van der Waals surface area contributed by atoms with Gasteiger partial charge in [0.25, 0.3) is 0 Å². The smallest absolute Gasteiger partial charge is 0.123 e. The number of rotatable bonds is 3. The van der Waals surface area contributed by atoms with Crippen LogP contribution in [-0.2, 0) is 5.60 Å². The van der Waals surface area contributed by atoms with Crippen LogP contribution in [0.25, 0.3) is 6.08 Å². The molecule has 0 amide bonds. The summed E-state index contributed by atoms with van der Waals surface area (Å²) in [7, 11) is 0. The Morgan fingerprint density at radius 3 is 2.50 bits per heavy atom. The van der Waals surface area contributed by atoms with E-state index in [1.165, 1.54) is 0 Å². The largest absolute Gasteiger partial charge is 0.384 e. The van der Waals surface area contributed by atoms with Crippen molar-refractivity contribution in [2.75, 3.05) is 5.73 Å². The molecular weight excluding hydrogens is 224 g/mol. The van der Waals surface area contributed by atoms with E-state index in [2.05, 4.69) is 4.98 Å². The van der Waals surface area contributed by atoms with Crippen LogP contribution in [0.15, 0.2) is 54.7 Å². The van der Waals surface area contributed by atoms with Gasteiger partial charge < -0.3 is 10.8 Å². The summed E-state index contributed by atoms with van der Waals surface area (Å²) in [6.07, 6.45) is 5.22. The van der Waals surface area contributed by atoms with Gasteiger partial charge in [0.1, 0.15) is 11.4 Å². The molecule has 3 N–H and O–H groups in total. The average molecular weight is 240 g/mol. The summed E-state index contributed by atoms with van der Waals surface area (Å²) < 4.78 is 0. The van der Waals surface area contributed by atoms with E-state index in [1.54, 1.807) is 31.3 Å². The Morgan fingerprint density at radius 1 is 1.17 bits per heavy atom. The predicted octanol–water partition coefficient (Wildman–Crippen LogP) is 2.58. The third-order valence-corrected chi connectivity index (χ3v) is 2.77. The Labute approximate surface area is 107 Å². The maximum absolute atomic E-state index is 10.4. The zero-order valence-corrected chi connectivity index (χ0v) is 10.2. The third kappa shape index (κ3) is 2.96. The molecule has 1 aromatic carbocycles. The summed E-state index contributed by atoms with van der Waals surface area (Å²) in [5.74, 6) is 0.446. The van der Waals surface area contributed by atoms with Crippen LogP contribution in [0.4, 0.5) is 5.82 Å². The first kappa shape index (κ1) is 12.3. The van der Waals surface area contributed by atoms with Crippen LogP contribution < -0.4 is 5.73 Å². The molecule has 0 spiro atoms. The van der Waals surface area contributed by atoms with Gasteiger partial charge in [0.2, 0.25) is 0 Å².